The zero-order valence-corrected chi connectivity index (χ0v) is 10.8. The first-order valence-electron chi connectivity index (χ1n) is 5.99. The largest absolute Gasteiger partial charge is 0.412 e. The topological polar surface area (TPSA) is 64.3 Å². The second kappa shape index (κ2) is 5.82. The molecule has 0 spiro atoms. The van der Waals surface area contributed by atoms with Crippen LogP contribution in [0.4, 0.5) is 4.79 Å². The van der Waals surface area contributed by atoms with Gasteiger partial charge >= 0.3 is 6.09 Å². The lowest BCUT2D eigenvalue weighted by Gasteiger charge is -2.19. The Bertz CT molecular complexity index is 436. The first-order valence-corrected chi connectivity index (χ1v) is 6.40. The summed E-state index contributed by atoms with van der Waals surface area (Å²) in [7, 11) is 0. The fourth-order valence-electron chi connectivity index (χ4n) is 2.25. The highest BCUT2D eigenvalue weighted by atomic mass is 32.1. The Labute approximate surface area is 112 Å². The molecule has 2 unspecified atom stereocenters. The molecule has 0 aromatic heterocycles. The van der Waals surface area contributed by atoms with Gasteiger partial charge in [-0.25, -0.2) is 4.79 Å². The van der Waals surface area contributed by atoms with Gasteiger partial charge in [0.25, 0.3) is 0 Å². The van der Waals surface area contributed by atoms with Crippen molar-refractivity contribution in [2.75, 3.05) is 0 Å². The smallest absolute Gasteiger partial charge is 0.410 e. The monoisotopic (exact) mass is 264 g/mol. The van der Waals surface area contributed by atoms with Crippen molar-refractivity contribution >= 4 is 23.3 Å². The summed E-state index contributed by atoms with van der Waals surface area (Å²) in [6.07, 6.45) is 2.41. The van der Waals surface area contributed by atoms with Crippen molar-refractivity contribution in [3.63, 3.8) is 0 Å². The van der Waals surface area contributed by atoms with Crippen LogP contribution in [0.1, 0.15) is 19.3 Å². The molecule has 0 heterocycles. The van der Waals surface area contributed by atoms with Gasteiger partial charge in [0.1, 0.15) is 5.75 Å². The molecule has 96 valence electrons. The summed E-state index contributed by atoms with van der Waals surface area (Å²) in [6, 6.07) is 8.97. The Morgan fingerprint density at radius 2 is 2.06 bits per heavy atom. The summed E-state index contributed by atoms with van der Waals surface area (Å²) >= 11 is 5.00. The van der Waals surface area contributed by atoms with Gasteiger partial charge in [0, 0.05) is 12.0 Å². The molecule has 18 heavy (non-hydrogen) atoms. The Balaban J connectivity index is 1.90. The summed E-state index contributed by atoms with van der Waals surface area (Å²) in [5.74, 6) is 0.614. The number of carbonyl (C=O) groups is 1. The highest BCUT2D eigenvalue weighted by Gasteiger charge is 2.30. The molecule has 0 aliphatic heterocycles. The number of benzene rings is 1. The fourth-order valence-corrected chi connectivity index (χ4v) is 2.53. The zero-order chi connectivity index (χ0) is 13.0. The number of hydrogen-bond acceptors (Lipinski definition) is 3. The quantitative estimate of drug-likeness (QED) is 0.822. The normalized spacial score (nSPS) is 22.4. The SMILES string of the molecule is NC(=S)C1CCCC1NC(=O)Oc1ccccc1. The molecule has 2 rings (SSSR count). The lowest BCUT2D eigenvalue weighted by Crippen LogP contribution is -2.42. The standard InChI is InChI=1S/C13H16N2O2S/c14-12(18)10-7-4-8-11(10)15-13(16)17-9-5-2-1-3-6-9/h1-3,5-6,10-11H,4,7-8H2,(H2,14,18)(H,15,16). The van der Waals surface area contributed by atoms with Crippen molar-refractivity contribution in [1.29, 1.82) is 0 Å². The summed E-state index contributed by atoms with van der Waals surface area (Å²) < 4.78 is 5.17. The van der Waals surface area contributed by atoms with Crippen LogP contribution in [0.15, 0.2) is 30.3 Å². The van der Waals surface area contributed by atoms with Gasteiger partial charge in [0.2, 0.25) is 0 Å². The second-order valence-corrected chi connectivity index (χ2v) is 4.86. The van der Waals surface area contributed by atoms with Crippen molar-refractivity contribution in [3.8, 4) is 5.75 Å². The fraction of sp³-hybridized carbons (Fsp3) is 0.385. The maximum absolute atomic E-state index is 11.7. The van der Waals surface area contributed by atoms with Crippen molar-refractivity contribution in [2.45, 2.75) is 25.3 Å². The highest BCUT2D eigenvalue weighted by molar-refractivity contribution is 7.80. The van der Waals surface area contributed by atoms with E-state index in [2.05, 4.69) is 5.32 Å². The number of nitrogens with two attached hydrogens (primary N) is 1. The van der Waals surface area contributed by atoms with E-state index in [4.69, 9.17) is 22.7 Å². The van der Waals surface area contributed by atoms with Gasteiger partial charge in [0.05, 0.1) is 4.99 Å². The predicted molar refractivity (Wildman–Crippen MR) is 73.5 cm³/mol. The van der Waals surface area contributed by atoms with Gasteiger partial charge in [0.15, 0.2) is 0 Å². The van der Waals surface area contributed by atoms with Gasteiger partial charge in [-0.1, -0.05) is 36.8 Å². The number of amides is 1. The minimum absolute atomic E-state index is 0.00119. The van der Waals surface area contributed by atoms with Crippen molar-refractivity contribution in [3.05, 3.63) is 30.3 Å². The molecule has 1 aromatic carbocycles. The molecule has 1 amide bonds. The number of nitrogens with one attached hydrogen (secondary N) is 1. The molecular formula is C13H16N2O2S. The van der Waals surface area contributed by atoms with Crippen molar-refractivity contribution in [1.82, 2.24) is 5.32 Å². The first-order chi connectivity index (χ1) is 8.66. The molecule has 0 bridgehead atoms. The van der Waals surface area contributed by atoms with Crippen LogP contribution in [0, 0.1) is 5.92 Å². The minimum atomic E-state index is -0.450. The number of hydrogen-bond donors (Lipinski definition) is 2. The van der Waals surface area contributed by atoms with E-state index in [1.165, 1.54) is 0 Å². The third-order valence-electron chi connectivity index (χ3n) is 3.14. The lowest BCUT2D eigenvalue weighted by atomic mass is 10.0. The average molecular weight is 264 g/mol. The maximum atomic E-state index is 11.7. The maximum Gasteiger partial charge on any atom is 0.412 e. The molecule has 0 radical (unpaired) electrons. The average Bonchev–Trinajstić information content (AvgIpc) is 2.78. The Morgan fingerprint density at radius 1 is 1.33 bits per heavy atom. The zero-order valence-electron chi connectivity index (χ0n) is 9.96. The molecule has 1 aliphatic carbocycles. The third-order valence-corrected chi connectivity index (χ3v) is 3.44. The summed E-state index contributed by atoms with van der Waals surface area (Å²) in [6.45, 7) is 0. The van der Waals surface area contributed by atoms with Gasteiger partial charge in [-0.05, 0) is 25.0 Å². The van der Waals surface area contributed by atoms with Crippen LogP contribution < -0.4 is 15.8 Å². The van der Waals surface area contributed by atoms with E-state index in [1.807, 2.05) is 18.2 Å². The molecular weight excluding hydrogens is 248 g/mol. The molecule has 1 aliphatic rings. The molecule has 3 N–H and O–H groups in total. The van der Waals surface area contributed by atoms with E-state index in [-0.39, 0.29) is 12.0 Å². The Morgan fingerprint density at radius 3 is 2.72 bits per heavy atom. The summed E-state index contributed by atoms with van der Waals surface area (Å²) in [5, 5.41) is 2.83. The van der Waals surface area contributed by atoms with Gasteiger partial charge in [-0.3, -0.25) is 0 Å². The molecule has 5 heteroatoms. The van der Waals surface area contributed by atoms with E-state index in [1.54, 1.807) is 12.1 Å². The Hall–Kier alpha value is -1.62. The molecule has 4 nitrogen and oxygen atoms in total. The van der Waals surface area contributed by atoms with Gasteiger partial charge in [-0.2, -0.15) is 0 Å². The van der Waals surface area contributed by atoms with Crippen LogP contribution in [-0.2, 0) is 0 Å². The van der Waals surface area contributed by atoms with E-state index < -0.39 is 6.09 Å². The number of carbonyl (C=O) groups excluding carboxylic acids is 1. The van der Waals surface area contributed by atoms with Crippen molar-refractivity contribution in [2.24, 2.45) is 11.7 Å². The number of ether oxygens (including phenoxy) is 1. The van der Waals surface area contributed by atoms with Gasteiger partial charge < -0.3 is 15.8 Å². The third kappa shape index (κ3) is 3.20. The van der Waals surface area contributed by atoms with Crippen LogP contribution in [-0.4, -0.2) is 17.1 Å². The van der Waals surface area contributed by atoms with E-state index in [9.17, 15) is 4.79 Å². The molecule has 2 atom stereocenters. The summed E-state index contributed by atoms with van der Waals surface area (Å²) in [5.41, 5.74) is 5.66. The Kier molecular flexibility index (Phi) is 4.15. The van der Waals surface area contributed by atoms with Crippen LogP contribution in [0.2, 0.25) is 0 Å². The van der Waals surface area contributed by atoms with Crippen molar-refractivity contribution < 1.29 is 9.53 Å². The van der Waals surface area contributed by atoms with Gasteiger partial charge in [-0.15, -0.1) is 0 Å². The molecule has 1 saturated carbocycles. The minimum Gasteiger partial charge on any atom is -0.410 e. The predicted octanol–water partition coefficient (Wildman–Crippen LogP) is 2.23. The van der Waals surface area contributed by atoms with E-state index in [0.29, 0.717) is 10.7 Å². The number of para-hydroxylation sites is 1. The lowest BCUT2D eigenvalue weighted by molar-refractivity contribution is 0.195. The molecule has 1 fully saturated rings. The first kappa shape index (κ1) is 12.8. The highest BCUT2D eigenvalue weighted by Crippen LogP contribution is 2.26. The van der Waals surface area contributed by atoms with Crippen LogP contribution in [0.3, 0.4) is 0 Å². The molecule has 0 saturated heterocycles. The number of rotatable bonds is 3. The summed E-state index contributed by atoms with van der Waals surface area (Å²) in [4.78, 5) is 12.2. The van der Waals surface area contributed by atoms with Crippen LogP contribution in [0.5, 0.6) is 5.75 Å². The van der Waals surface area contributed by atoms with E-state index in [0.717, 1.165) is 19.3 Å². The molecule has 1 aromatic rings. The van der Waals surface area contributed by atoms with Crippen LogP contribution >= 0.6 is 12.2 Å². The van der Waals surface area contributed by atoms with Crippen LogP contribution in [0.25, 0.3) is 0 Å². The second-order valence-electron chi connectivity index (χ2n) is 4.39. The van der Waals surface area contributed by atoms with E-state index >= 15 is 0 Å². The number of thiocarbonyl (C=S) groups is 1.